The van der Waals surface area contributed by atoms with Crippen molar-refractivity contribution in [1.29, 1.82) is 0 Å². The van der Waals surface area contributed by atoms with Crippen LogP contribution in [0.15, 0.2) is 54.9 Å². The topological polar surface area (TPSA) is 70.7 Å². The Morgan fingerprint density at radius 2 is 1.70 bits per heavy atom. The van der Waals surface area contributed by atoms with Gasteiger partial charge in [-0.2, -0.15) is 5.10 Å². The number of carbonyl (C=O) groups excluding carboxylic acids is 1. The van der Waals surface area contributed by atoms with E-state index in [9.17, 15) is 4.79 Å². The first kappa shape index (κ1) is 15.0. The predicted molar refractivity (Wildman–Crippen MR) is 88.0 cm³/mol. The summed E-state index contributed by atoms with van der Waals surface area (Å²) in [6, 6.07) is 13.4. The van der Waals surface area contributed by atoms with Crippen LogP contribution in [0.3, 0.4) is 0 Å². The minimum atomic E-state index is -0.247. The van der Waals surface area contributed by atoms with Gasteiger partial charge in [-0.25, -0.2) is 0 Å². The molecule has 0 saturated heterocycles. The van der Waals surface area contributed by atoms with E-state index in [4.69, 9.17) is 0 Å². The molecule has 0 bridgehead atoms. The number of pyridine rings is 1. The molecule has 5 nitrogen and oxygen atoms in total. The van der Waals surface area contributed by atoms with E-state index in [1.54, 1.807) is 18.5 Å². The van der Waals surface area contributed by atoms with E-state index < -0.39 is 0 Å². The quantitative estimate of drug-likeness (QED) is 0.778. The zero-order valence-corrected chi connectivity index (χ0v) is 13.1. The first-order valence-electron chi connectivity index (χ1n) is 7.43. The Bertz CT molecular complexity index is 793. The fraction of sp³-hybridized carbons (Fsp3) is 0.167. The highest BCUT2D eigenvalue weighted by Gasteiger charge is 2.19. The van der Waals surface area contributed by atoms with Gasteiger partial charge in [-0.1, -0.05) is 29.8 Å². The second-order valence-electron chi connectivity index (χ2n) is 5.53. The van der Waals surface area contributed by atoms with Crippen molar-refractivity contribution < 1.29 is 4.79 Å². The molecule has 0 aliphatic heterocycles. The van der Waals surface area contributed by atoms with Crippen molar-refractivity contribution in [2.75, 3.05) is 0 Å². The number of hydrogen-bond donors (Lipinski definition) is 2. The molecule has 3 rings (SSSR count). The van der Waals surface area contributed by atoms with Gasteiger partial charge in [0.25, 0.3) is 5.91 Å². The van der Waals surface area contributed by atoms with Crippen LogP contribution in [0.5, 0.6) is 0 Å². The summed E-state index contributed by atoms with van der Waals surface area (Å²) in [6.07, 6.45) is 3.45. The number of aryl methyl sites for hydroxylation is 2. The molecule has 1 amide bonds. The Hall–Kier alpha value is -2.95. The average Bonchev–Trinajstić information content (AvgIpc) is 3.01. The zero-order chi connectivity index (χ0) is 16.2. The van der Waals surface area contributed by atoms with Crippen LogP contribution in [-0.4, -0.2) is 21.1 Å². The molecule has 1 aromatic carbocycles. The fourth-order valence-electron chi connectivity index (χ4n) is 2.41. The van der Waals surface area contributed by atoms with E-state index in [0.717, 1.165) is 16.8 Å². The van der Waals surface area contributed by atoms with Gasteiger partial charge in [0.15, 0.2) is 0 Å². The lowest BCUT2D eigenvalue weighted by molar-refractivity contribution is 0.0938. The van der Waals surface area contributed by atoms with Gasteiger partial charge in [0, 0.05) is 18.1 Å². The van der Waals surface area contributed by atoms with Gasteiger partial charge in [-0.05, 0) is 43.2 Å². The van der Waals surface area contributed by atoms with Crippen LogP contribution in [0.4, 0.5) is 0 Å². The molecule has 0 spiro atoms. The summed E-state index contributed by atoms with van der Waals surface area (Å²) in [4.78, 5) is 16.5. The summed E-state index contributed by atoms with van der Waals surface area (Å²) in [6.45, 7) is 3.90. The summed E-state index contributed by atoms with van der Waals surface area (Å²) in [7, 11) is 0. The number of hydrogen-bond acceptors (Lipinski definition) is 3. The van der Waals surface area contributed by atoms with Gasteiger partial charge in [0.05, 0.1) is 6.04 Å². The lowest BCUT2D eigenvalue weighted by atomic mass is 9.98. The average molecular weight is 306 g/mol. The molecular formula is C18H18N4O. The number of aromatic nitrogens is 3. The van der Waals surface area contributed by atoms with Crippen molar-refractivity contribution in [1.82, 2.24) is 20.5 Å². The van der Waals surface area contributed by atoms with Gasteiger partial charge in [-0.15, -0.1) is 0 Å². The number of benzene rings is 1. The molecule has 0 radical (unpaired) electrons. The molecule has 1 atom stereocenters. The highest BCUT2D eigenvalue weighted by molar-refractivity contribution is 5.92. The van der Waals surface area contributed by atoms with Gasteiger partial charge in [-0.3, -0.25) is 14.9 Å². The normalized spacial score (nSPS) is 11.9. The molecule has 0 unspecified atom stereocenters. The first-order valence-corrected chi connectivity index (χ1v) is 7.43. The van der Waals surface area contributed by atoms with Gasteiger partial charge in [0.2, 0.25) is 0 Å². The van der Waals surface area contributed by atoms with Crippen LogP contribution in [0, 0.1) is 13.8 Å². The van der Waals surface area contributed by atoms with E-state index in [-0.39, 0.29) is 11.9 Å². The van der Waals surface area contributed by atoms with E-state index >= 15 is 0 Å². The third-order valence-corrected chi connectivity index (χ3v) is 3.66. The number of H-pyrrole nitrogens is 1. The van der Waals surface area contributed by atoms with Gasteiger partial charge < -0.3 is 5.32 Å². The summed E-state index contributed by atoms with van der Waals surface area (Å²) in [5.41, 5.74) is 4.41. The molecule has 0 aliphatic rings. The fourth-order valence-corrected chi connectivity index (χ4v) is 2.41. The van der Waals surface area contributed by atoms with Crippen molar-refractivity contribution in [3.05, 3.63) is 82.9 Å². The second-order valence-corrected chi connectivity index (χ2v) is 5.53. The van der Waals surface area contributed by atoms with Crippen LogP contribution < -0.4 is 5.32 Å². The number of nitrogens with one attached hydrogen (secondary N) is 2. The molecule has 2 heterocycles. The van der Waals surface area contributed by atoms with E-state index in [0.29, 0.717) is 5.69 Å². The van der Waals surface area contributed by atoms with Crippen LogP contribution in [0.25, 0.3) is 0 Å². The summed E-state index contributed by atoms with van der Waals surface area (Å²) < 4.78 is 0. The molecule has 5 heteroatoms. The SMILES string of the molecule is Cc1ccc([C@@H](NC(=O)c2cc(C)[nH]n2)c2ccncc2)cc1. The smallest absolute Gasteiger partial charge is 0.272 e. The Balaban J connectivity index is 1.92. The zero-order valence-electron chi connectivity index (χ0n) is 13.1. The third kappa shape index (κ3) is 3.45. The third-order valence-electron chi connectivity index (χ3n) is 3.66. The summed E-state index contributed by atoms with van der Waals surface area (Å²) in [5.74, 6) is -0.211. The number of carbonyl (C=O) groups is 1. The Morgan fingerprint density at radius 3 is 2.30 bits per heavy atom. The first-order chi connectivity index (χ1) is 11.1. The molecule has 2 N–H and O–H groups in total. The van der Waals surface area contributed by atoms with Crippen molar-refractivity contribution in [2.24, 2.45) is 0 Å². The Kier molecular flexibility index (Phi) is 4.19. The summed E-state index contributed by atoms with van der Waals surface area (Å²) in [5, 5.41) is 9.86. The monoisotopic (exact) mass is 306 g/mol. The second kappa shape index (κ2) is 6.44. The Labute approximate surface area is 134 Å². The number of rotatable bonds is 4. The van der Waals surface area contributed by atoms with Crippen molar-refractivity contribution in [3.63, 3.8) is 0 Å². The molecule has 2 aromatic heterocycles. The lowest BCUT2D eigenvalue weighted by Crippen LogP contribution is -2.29. The van der Waals surface area contributed by atoms with Crippen molar-refractivity contribution >= 4 is 5.91 Å². The number of amides is 1. The number of aromatic amines is 1. The molecule has 0 aliphatic carbocycles. The highest BCUT2D eigenvalue weighted by Crippen LogP contribution is 2.22. The van der Waals surface area contributed by atoms with Crippen molar-refractivity contribution in [3.8, 4) is 0 Å². The van der Waals surface area contributed by atoms with Crippen LogP contribution in [0.2, 0.25) is 0 Å². The molecule has 3 aromatic rings. The standard InChI is InChI=1S/C18H18N4O/c1-12-3-5-14(6-4-12)17(15-7-9-19-10-8-15)20-18(23)16-11-13(2)21-22-16/h3-11,17H,1-2H3,(H,20,23)(H,21,22)/t17-/m1/s1. The minimum absolute atomic E-state index is 0.211. The van der Waals surface area contributed by atoms with Gasteiger partial charge >= 0.3 is 0 Å². The van der Waals surface area contributed by atoms with Crippen molar-refractivity contribution in [2.45, 2.75) is 19.9 Å². The highest BCUT2D eigenvalue weighted by atomic mass is 16.2. The minimum Gasteiger partial charge on any atom is -0.340 e. The van der Waals surface area contributed by atoms with Crippen LogP contribution in [-0.2, 0) is 0 Å². The van der Waals surface area contributed by atoms with E-state index in [1.807, 2.05) is 50.2 Å². The van der Waals surface area contributed by atoms with Gasteiger partial charge in [0.1, 0.15) is 5.69 Å². The number of nitrogens with zero attached hydrogens (tertiary/aromatic N) is 2. The van der Waals surface area contributed by atoms with E-state index in [1.165, 1.54) is 5.56 Å². The predicted octanol–water partition coefficient (Wildman–Crippen LogP) is 2.94. The summed E-state index contributed by atoms with van der Waals surface area (Å²) >= 11 is 0. The molecular weight excluding hydrogens is 288 g/mol. The maximum absolute atomic E-state index is 12.5. The largest absolute Gasteiger partial charge is 0.340 e. The lowest BCUT2D eigenvalue weighted by Gasteiger charge is -2.19. The maximum atomic E-state index is 12.5. The maximum Gasteiger partial charge on any atom is 0.272 e. The van der Waals surface area contributed by atoms with Crippen LogP contribution >= 0.6 is 0 Å². The molecule has 0 fully saturated rings. The van der Waals surface area contributed by atoms with E-state index in [2.05, 4.69) is 20.5 Å². The van der Waals surface area contributed by atoms with Crippen LogP contribution in [0.1, 0.15) is 38.9 Å². The molecule has 116 valence electrons. The molecule has 0 saturated carbocycles. The Morgan fingerprint density at radius 1 is 1.04 bits per heavy atom. The molecule has 23 heavy (non-hydrogen) atoms.